The van der Waals surface area contributed by atoms with E-state index in [1.807, 2.05) is 0 Å². The Morgan fingerprint density at radius 3 is 2.45 bits per heavy atom. The summed E-state index contributed by atoms with van der Waals surface area (Å²) in [6.07, 6.45) is 5.57. The van der Waals surface area contributed by atoms with E-state index in [2.05, 4.69) is 0 Å². The Balaban J connectivity index is 2.42. The van der Waals surface area contributed by atoms with Gasteiger partial charge in [-0.25, -0.2) is 4.79 Å². The zero-order chi connectivity index (χ0) is 15.0. The van der Waals surface area contributed by atoms with E-state index in [0.29, 0.717) is 25.3 Å². The van der Waals surface area contributed by atoms with Crippen molar-refractivity contribution < 1.29 is 19.5 Å². The molecule has 1 fully saturated rings. The maximum absolute atomic E-state index is 12.0. The predicted octanol–water partition coefficient (Wildman–Crippen LogP) is 2.21. The number of rotatable bonds is 8. The molecule has 1 saturated heterocycles. The summed E-state index contributed by atoms with van der Waals surface area (Å²) in [7, 11) is 0. The van der Waals surface area contributed by atoms with Gasteiger partial charge < -0.3 is 10.0 Å². The van der Waals surface area contributed by atoms with Crippen LogP contribution < -0.4 is 0 Å². The van der Waals surface area contributed by atoms with Crippen LogP contribution in [0.3, 0.4) is 0 Å². The van der Waals surface area contributed by atoms with Crippen LogP contribution in [0, 0.1) is 0 Å². The number of unbranched alkanes of at least 4 members (excludes halogenated alkanes) is 3. The lowest BCUT2D eigenvalue weighted by Gasteiger charge is -2.32. The number of aliphatic carboxylic acids is 1. The van der Waals surface area contributed by atoms with Crippen LogP contribution in [0.2, 0.25) is 0 Å². The molecule has 1 N–H and O–H groups in total. The monoisotopic (exact) mass is 303 g/mol. The Bertz CT molecular complexity index is 359. The number of piperidine rings is 1. The minimum absolute atomic E-state index is 0.198. The fourth-order valence-electron chi connectivity index (χ4n) is 2.43. The Labute approximate surface area is 124 Å². The fourth-order valence-corrected chi connectivity index (χ4v) is 2.62. The first-order valence-corrected chi connectivity index (χ1v) is 7.74. The number of likely N-dealkylation sites (tertiary alicyclic amines) is 1. The molecule has 114 valence electrons. The van der Waals surface area contributed by atoms with Gasteiger partial charge in [0.1, 0.15) is 6.04 Å². The van der Waals surface area contributed by atoms with Crippen LogP contribution in [-0.2, 0) is 14.4 Å². The fraction of sp³-hybridized carbons (Fsp3) is 0.786. The molecule has 0 aliphatic carbocycles. The second-order valence-electron chi connectivity index (χ2n) is 5.12. The van der Waals surface area contributed by atoms with Crippen molar-refractivity contribution in [1.82, 2.24) is 4.90 Å². The topological polar surface area (TPSA) is 74.7 Å². The number of carbonyl (C=O) groups is 3. The van der Waals surface area contributed by atoms with Crippen LogP contribution in [0.15, 0.2) is 0 Å². The van der Waals surface area contributed by atoms with E-state index in [4.69, 9.17) is 16.7 Å². The number of amides is 1. The molecular weight excluding hydrogens is 282 g/mol. The number of ketones is 1. The van der Waals surface area contributed by atoms with E-state index in [1.54, 1.807) is 0 Å². The molecular formula is C14H22ClNO4. The van der Waals surface area contributed by atoms with E-state index >= 15 is 0 Å². The molecule has 5 nitrogen and oxygen atoms in total. The van der Waals surface area contributed by atoms with Crippen molar-refractivity contribution in [3.05, 3.63) is 0 Å². The van der Waals surface area contributed by atoms with Gasteiger partial charge in [-0.2, -0.15) is 0 Å². The van der Waals surface area contributed by atoms with Gasteiger partial charge in [-0.05, 0) is 32.1 Å². The van der Waals surface area contributed by atoms with Crippen LogP contribution in [0.1, 0.15) is 51.4 Å². The summed E-state index contributed by atoms with van der Waals surface area (Å²) < 4.78 is 0. The highest BCUT2D eigenvalue weighted by atomic mass is 35.5. The van der Waals surface area contributed by atoms with Gasteiger partial charge >= 0.3 is 5.97 Å². The number of carbonyl (C=O) groups excluding carboxylic acids is 2. The minimum atomic E-state index is -1.02. The molecule has 0 aromatic carbocycles. The first-order chi connectivity index (χ1) is 9.57. The van der Waals surface area contributed by atoms with E-state index < -0.39 is 23.7 Å². The lowest BCUT2D eigenvalue weighted by atomic mass is 10.0. The summed E-state index contributed by atoms with van der Waals surface area (Å²) in [6.45, 7) is 0.369. The van der Waals surface area contributed by atoms with Gasteiger partial charge in [0.25, 0.3) is 5.91 Å². The number of hydrogen-bond acceptors (Lipinski definition) is 3. The largest absolute Gasteiger partial charge is 0.480 e. The molecule has 6 heteroatoms. The van der Waals surface area contributed by atoms with Crippen molar-refractivity contribution in [2.75, 3.05) is 12.4 Å². The van der Waals surface area contributed by atoms with Crippen LogP contribution in [0.5, 0.6) is 0 Å². The van der Waals surface area contributed by atoms with Crippen molar-refractivity contribution in [1.29, 1.82) is 0 Å². The number of halogens is 1. The third-order valence-corrected chi connectivity index (χ3v) is 3.84. The number of carboxylic acid groups (broad SMARTS) is 1. The summed E-state index contributed by atoms with van der Waals surface area (Å²) in [5.74, 6) is -1.51. The molecule has 0 aromatic rings. The average Bonchev–Trinajstić information content (AvgIpc) is 2.46. The standard InChI is InChI=1S/C14H22ClNO4/c15-9-5-2-1-3-8-12(17)13(18)16-10-6-4-7-11(16)14(19)20/h11H,1-10H2,(H,19,20)/t11-/m0/s1. The zero-order valence-electron chi connectivity index (χ0n) is 11.6. The summed E-state index contributed by atoms with van der Waals surface area (Å²) in [4.78, 5) is 36.2. The van der Waals surface area contributed by atoms with Crippen LogP contribution in [0.4, 0.5) is 0 Å². The molecule has 1 rings (SSSR count). The summed E-state index contributed by atoms with van der Waals surface area (Å²) in [5, 5.41) is 9.09. The number of Topliss-reactive ketones (excluding diaryl/α,β-unsaturated/α-hetero) is 1. The Morgan fingerprint density at radius 1 is 1.10 bits per heavy atom. The second-order valence-corrected chi connectivity index (χ2v) is 5.50. The maximum Gasteiger partial charge on any atom is 0.326 e. The highest BCUT2D eigenvalue weighted by molar-refractivity contribution is 6.36. The third-order valence-electron chi connectivity index (χ3n) is 3.57. The summed E-state index contributed by atoms with van der Waals surface area (Å²) >= 11 is 5.56. The van der Waals surface area contributed by atoms with E-state index in [1.165, 1.54) is 4.90 Å². The van der Waals surface area contributed by atoms with E-state index in [9.17, 15) is 14.4 Å². The van der Waals surface area contributed by atoms with Crippen molar-refractivity contribution in [3.63, 3.8) is 0 Å². The van der Waals surface area contributed by atoms with Gasteiger partial charge in [-0.1, -0.05) is 12.8 Å². The summed E-state index contributed by atoms with van der Waals surface area (Å²) in [5.41, 5.74) is 0. The number of alkyl halides is 1. The van der Waals surface area contributed by atoms with Crippen molar-refractivity contribution in [2.45, 2.75) is 57.4 Å². The third kappa shape index (κ3) is 5.12. The Hall–Kier alpha value is -1.10. The second kappa shape index (κ2) is 8.95. The molecule has 1 amide bonds. The van der Waals surface area contributed by atoms with Crippen LogP contribution in [0.25, 0.3) is 0 Å². The smallest absolute Gasteiger partial charge is 0.326 e. The van der Waals surface area contributed by atoms with Gasteiger partial charge in [0, 0.05) is 18.8 Å². The average molecular weight is 304 g/mol. The van der Waals surface area contributed by atoms with Gasteiger partial charge in [-0.15, -0.1) is 11.6 Å². The molecule has 1 atom stereocenters. The molecule has 0 saturated carbocycles. The van der Waals surface area contributed by atoms with Gasteiger partial charge in [0.2, 0.25) is 5.78 Å². The van der Waals surface area contributed by atoms with Gasteiger partial charge in [0.05, 0.1) is 0 Å². The normalized spacial score (nSPS) is 18.9. The molecule has 1 aliphatic rings. The molecule has 0 aromatic heterocycles. The first kappa shape index (κ1) is 17.0. The number of hydrogen-bond donors (Lipinski definition) is 1. The van der Waals surface area contributed by atoms with Crippen molar-refractivity contribution in [3.8, 4) is 0 Å². The molecule has 1 aliphatic heterocycles. The molecule has 0 radical (unpaired) electrons. The molecule has 0 unspecified atom stereocenters. The predicted molar refractivity (Wildman–Crippen MR) is 75.8 cm³/mol. The SMILES string of the molecule is O=C(CCCCCCCl)C(=O)N1CCCC[C@H]1C(=O)O. The van der Waals surface area contributed by atoms with E-state index in [-0.39, 0.29) is 6.42 Å². The zero-order valence-corrected chi connectivity index (χ0v) is 12.4. The van der Waals surface area contributed by atoms with Crippen LogP contribution >= 0.6 is 11.6 Å². The first-order valence-electron chi connectivity index (χ1n) is 7.20. The Morgan fingerprint density at radius 2 is 1.80 bits per heavy atom. The highest BCUT2D eigenvalue weighted by Gasteiger charge is 2.34. The number of carboxylic acids is 1. The molecule has 0 spiro atoms. The maximum atomic E-state index is 12.0. The van der Waals surface area contributed by atoms with Gasteiger partial charge in [-0.3, -0.25) is 9.59 Å². The minimum Gasteiger partial charge on any atom is -0.480 e. The van der Waals surface area contributed by atoms with Crippen molar-refractivity contribution >= 4 is 29.3 Å². The Kier molecular flexibility index (Phi) is 7.59. The quantitative estimate of drug-likeness (QED) is 0.424. The van der Waals surface area contributed by atoms with Crippen LogP contribution in [-0.4, -0.2) is 46.1 Å². The summed E-state index contributed by atoms with van der Waals surface area (Å²) in [6, 6.07) is -0.837. The lowest BCUT2D eigenvalue weighted by molar-refractivity contribution is -0.155. The van der Waals surface area contributed by atoms with Crippen molar-refractivity contribution in [2.24, 2.45) is 0 Å². The van der Waals surface area contributed by atoms with E-state index in [0.717, 1.165) is 32.1 Å². The highest BCUT2D eigenvalue weighted by Crippen LogP contribution is 2.18. The molecule has 1 heterocycles. The number of nitrogens with zero attached hydrogens (tertiary/aromatic N) is 1. The molecule has 20 heavy (non-hydrogen) atoms. The molecule has 0 bridgehead atoms. The van der Waals surface area contributed by atoms with Gasteiger partial charge in [0.15, 0.2) is 0 Å². The lowest BCUT2D eigenvalue weighted by Crippen LogP contribution is -2.50.